The number of carbonyl (C=O) groups is 1. The van der Waals surface area contributed by atoms with Crippen molar-refractivity contribution in [3.05, 3.63) is 23.8 Å². The fraction of sp³-hybridized carbons (Fsp3) is 0.462. The van der Waals surface area contributed by atoms with Crippen LogP contribution in [0.15, 0.2) is 18.2 Å². The Morgan fingerprint density at radius 1 is 1.45 bits per heavy atom. The number of hydrogen-bond acceptors (Lipinski definition) is 3. The Hall–Kier alpha value is -1.76. The van der Waals surface area contributed by atoms with Crippen molar-refractivity contribution in [3.8, 4) is 5.75 Å². The van der Waals surface area contributed by atoms with E-state index in [9.17, 15) is 23.1 Å². The van der Waals surface area contributed by atoms with Gasteiger partial charge in [-0.15, -0.1) is 0 Å². The molecule has 4 nitrogen and oxygen atoms in total. The van der Waals surface area contributed by atoms with E-state index in [1.54, 1.807) is 6.92 Å². The van der Waals surface area contributed by atoms with Gasteiger partial charge in [0.1, 0.15) is 5.75 Å². The molecule has 3 N–H and O–H groups in total. The zero-order chi connectivity index (χ0) is 15.0. The Labute approximate surface area is 114 Å². The molecule has 0 radical (unpaired) electrons. The number of aromatic hydroxyl groups is 1. The van der Waals surface area contributed by atoms with Crippen LogP contribution < -0.4 is 10.6 Å². The number of phenolic OH excluding ortho intramolecular Hbond substituents is 1. The molecule has 0 aromatic heterocycles. The maximum Gasteiger partial charge on any atom is 0.404 e. The molecule has 1 atom stereocenters. The van der Waals surface area contributed by atoms with Gasteiger partial charge in [-0.25, -0.2) is 0 Å². The number of carbonyl (C=O) groups excluding carboxylic acids is 1. The van der Waals surface area contributed by atoms with E-state index in [4.69, 9.17) is 0 Å². The predicted molar refractivity (Wildman–Crippen MR) is 67.4 cm³/mol. The second-order valence-electron chi connectivity index (χ2n) is 4.96. The number of alkyl halides is 3. The monoisotopic (exact) mass is 288 g/mol. The van der Waals surface area contributed by atoms with E-state index >= 15 is 0 Å². The molecule has 1 saturated heterocycles. The van der Waals surface area contributed by atoms with Crippen LogP contribution in [0.1, 0.15) is 12.0 Å². The van der Waals surface area contributed by atoms with Crippen LogP contribution in [0.4, 0.5) is 18.9 Å². The van der Waals surface area contributed by atoms with Crippen molar-refractivity contribution in [3.63, 3.8) is 0 Å². The second kappa shape index (κ2) is 4.97. The van der Waals surface area contributed by atoms with Gasteiger partial charge in [0.25, 0.3) is 0 Å². The summed E-state index contributed by atoms with van der Waals surface area (Å²) in [5.74, 6) is -1.05. The number of halogens is 3. The number of aryl methyl sites for hydroxylation is 1. The van der Waals surface area contributed by atoms with Crippen LogP contribution in [0.5, 0.6) is 5.75 Å². The first kappa shape index (κ1) is 14.6. The number of hydrogen-bond donors (Lipinski definition) is 3. The first-order valence-electron chi connectivity index (χ1n) is 6.15. The summed E-state index contributed by atoms with van der Waals surface area (Å²) in [7, 11) is 0. The summed E-state index contributed by atoms with van der Waals surface area (Å²) in [6.07, 6.45) is -4.88. The molecule has 0 aliphatic carbocycles. The van der Waals surface area contributed by atoms with Crippen molar-refractivity contribution in [1.29, 1.82) is 0 Å². The Morgan fingerprint density at radius 2 is 2.15 bits per heavy atom. The Kier molecular flexibility index (Phi) is 3.64. The van der Waals surface area contributed by atoms with Crippen molar-refractivity contribution < 1.29 is 23.1 Å². The summed E-state index contributed by atoms with van der Waals surface area (Å²) >= 11 is 0. The smallest absolute Gasteiger partial charge is 0.404 e. The van der Waals surface area contributed by atoms with Gasteiger partial charge in [0.05, 0.1) is 0 Å². The van der Waals surface area contributed by atoms with Gasteiger partial charge in [0.15, 0.2) is 5.41 Å². The quantitative estimate of drug-likeness (QED) is 0.731. The molecule has 0 bridgehead atoms. The summed E-state index contributed by atoms with van der Waals surface area (Å²) in [6, 6.07) is 4.13. The SMILES string of the molecule is Cc1cc(NC(=O)C2(C(F)(F)F)CCNC2)ccc1O. The molecule has 1 fully saturated rings. The van der Waals surface area contributed by atoms with Crippen molar-refractivity contribution in [2.24, 2.45) is 5.41 Å². The molecule has 2 rings (SSSR count). The molecule has 0 saturated carbocycles. The zero-order valence-corrected chi connectivity index (χ0v) is 10.8. The highest BCUT2D eigenvalue weighted by molar-refractivity contribution is 5.96. The molecule has 1 aliphatic rings. The lowest BCUT2D eigenvalue weighted by atomic mass is 9.85. The average molecular weight is 288 g/mol. The van der Waals surface area contributed by atoms with Crippen molar-refractivity contribution in [2.75, 3.05) is 18.4 Å². The number of phenols is 1. The maximum absolute atomic E-state index is 13.2. The number of rotatable bonds is 2. The minimum absolute atomic E-state index is 0.0241. The topological polar surface area (TPSA) is 61.4 Å². The molecule has 20 heavy (non-hydrogen) atoms. The van der Waals surface area contributed by atoms with Gasteiger partial charge in [0.2, 0.25) is 5.91 Å². The van der Waals surface area contributed by atoms with Crippen molar-refractivity contribution >= 4 is 11.6 Å². The van der Waals surface area contributed by atoms with Crippen LogP contribution in [0, 0.1) is 12.3 Å². The van der Waals surface area contributed by atoms with Crippen LogP contribution in [0.3, 0.4) is 0 Å². The lowest BCUT2D eigenvalue weighted by Crippen LogP contribution is -2.49. The largest absolute Gasteiger partial charge is 0.508 e. The van der Waals surface area contributed by atoms with Gasteiger partial charge in [-0.05, 0) is 43.7 Å². The zero-order valence-electron chi connectivity index (χ0n) is 10.8. The first-order valence-corrected chi connectivity index (χ1v) is 6.15. The van der Waals surface area contributed by atoms with Crippen molar-refractivity contribution in [2.45, 2.75) is 19.5 Å². The predicted octanol–water partition coefficient (Wildman–Crippen LogP) is 2.18. The summed E-state index contributed by atoms with van der Waals surface area (Å²) in [6.45, 7) is 1.34. The van der Waals surface area contributed by atoms with Crippen LogP contribution in [0.25, 0.3) is 0 Å². The molecule has 1 aromatic rings. The van der Waals surface area contributed by atoms with Crippen LogP contribution in [-0.4, -0.2) is 30.3 Å². The van der Waals surface area contributed by atoms with E-state index < -0.39 is 24.0 Å². The second-order valence-corrected chi connectivity index (χ2v) is 4.96. The van der Waals surface area contributed by atoms with Crippen LogP contribution in [0.2, 0.25) is 0 Å². The normalized spacial score (nSPS) is 22.8. The first-order chi connectivity index (χ1) is 9.26. The Bertz CT molecular complexity index is 523. The summed E-state index contributed by atoms with van der Waals surface area (Å²) in [5, 5.41) is 14.2. The molecule has 110 valence electrons. The molecular weight excluding hydrogens is 273 g/mol. The van der Waals surface area contributed by atoms with Crippen LogP contribution >= 0.6 is 0 Å². The lowest BCUT2D eigenvalue weighted by molar-refractivity contribution is -0.213. The standard InChI is InChI=1S/C13H15F3N2O2/c1-8-6-9(2-3-10(8)19)18-11(20)12(13(14,15)16)4-5-17-7-12/h2-3,6,17,19H,4-5,7H2,1H3,(H,18,20). The number of benzene rings is 1. The maximum atomic E-state index is 13.2. The summed E-state index contributed by atoms with van der Waals surface area (Å²) in [4.78, 5) is 12.0. The van der Waals surface area contributed by atoms with E-state index in [2.05, 4.69) is 10.6 Å². The molecule has 1 amide bonds. The number of anilines is 1. The molecule has 1 aliphatic heterocycles. The van der Waals surface area contributed by atoms with Gasteiger partial charge in [-0.1, -0.05) is 0 Å². The highest BCUT2D eigenvalue weighted by Crippen LogP contribution is 2.43. The Morgan fingerprint density at radius 3 is 2.65 bits per heavy atom. The minimum atomic E-state index is -4.60. The fourth-order valence-corrected chi connectivity index (χ4v) is 2.24. The molecule has 1 unspecified atom stereocenters. The van der Waals surface area contributed by atoms with Crippen molar-refractivity contribution in [1.82, 2.24) is 5.32 Å². The Balaban J connectivity index is 2.23. The molecule has 1 aromatic carbocycles. The van der Waals surface area contributed by atoms with Gasteiger partial charge in [-0.2, -0.15) is 13.2 Å². The summed E-state index contributed by atoms with van der Waals surface area (Å²) in [5.41, 5.74) is -1.67. The van der Waals surface area contributed by atoms with E-state index in [0.717, 1.165) is 0 Å². The molecule has 1 heterocycles. The highest BCUT2D eigenvalue weighted by atomic mass is 19.4. The molecular formula is C13H15F3N2O2. The van der Waals surface area contributed by atoms with E-state index in [1.807, 2.05) is 0 Å². The van der Waals surface area contributed by atoms with Gasteiger partial charge >= 0.3 is 6.18 Å². The average Bonchev–Trinajstić information content (AvgIpc) is 2.84. The third-order valence-corrected chi connectivity index (χ3v) is 3.59. The van der Waals surface area contributed by atoms with E-state index in [0.29, 0.717) is 5.56 Å². The van der Waals surface area contributed by atoms with Crippen LogP contribution in [-0.2, 0) is 4.79 Å². The fourth-order valence-electron chi connectivity index (χ4n) is 2.24. The van der Waals surface area contributed by atoms with Gasteiger partial charge in [-0.3, -0.25) is 4.79 Å². The summed E-state index contributed by atoms with van der Waals surface area (Å²) < 4.78 is 39.5. The minimum Gasteiger partial charge on any atom is -0.508 e. The van der Waals surface area contributed by atoms with Gasteiger partial charge in [0, 0.05) is 12.2 Å². The van der Waals surface area contributed by atoms with Gasteiger partial charge < -0.3 is 15.7 Å². The lowest BCUT2D eigenvalue weighted by Gasteiger charge is -2.29. The molecule has 7 heteroatoms. The third-order valence-electron chi connectivity index (χ3n) is 3.59. The number of amides is 1. The highest BCUT2D eigenvalue weighted by Gasteiger charge is 2.61. The third kappa shape index (κ3) is 2.45. The van der Waals surface area contributed by atoms with E-state index in [-0.39, 0.29) is 24.4 Å². The number of nitrogens with one attached hydrogen (secondary N) is 2. The van der Waals surface area contributed by atoms with E-state index in [1.165, 1.54) is 18.2 Å². The molecule has 0 spiro atoms.